The molecule has 0 radical (unpaired) electrons. The van der Waals surface area contributed by atoms with Gasteiger partial charge in [0.2, 0.25) is 11.8 Å². The number of carbonyl (C=O) groups excluding carboxylic acids is 2. The number of rotatable bonds is 6. The van der Waals surface area contributed by atoms with Gasteiger partial charge in [0.15, 0.2) is 0 Å². The number of nitrogens with zero attached hydrogens (tertiary/aromatic N) is 1. The quantitative estimate of drug-likeness (QED) is 0.755. The summed E-state index contributed by atoms with van der Waals surface area (Å²) in [7, 11) is 0. The summed E-state index contributed by atoms with van der Waals surface area (Å²) in [5, 5.41) is 5.34. The van der Waals surface area contributed by atoms with Crippen LogP contribution in [0.4, 0.5) is 24.5 Å². The molecule has 0 bridgehead atoms. The second kappa shape index (κ2) is 8.55. The van der Waals surface area contributed by atoms with E-state index in [1.165, 1.54) is 18.2 Å². The van der Waals surface area contributed by atoms with Crippen molar-refractivity contribution in [3.05, 3.63) is 59.7 Å². The first kappa shape index (κ1) is 20.7. The Kier molecular flexibility index (Phi) is 6.10. The maximum atomic E-state index is 13.1. The zero-order valence-electron chi connectivity index (χ0n) is 15.9. The summed E-state index contributed by atoms with van der Waals surface area (Å²) in [6.07, 6.45) is -3.14. The number of carbonyl (C=O) groups is 2. The molecule has 2 aromatic carbocycles. The van der Waals surface area contributed by atoms with Gasteiger partial charge >= 0.3 is 6.18 Å². The Hall–Kier alpha value is -3.03. The molecule has 8 heteroatoms. The smallest absolute Gasteiger partial charge is 0.374 e. The van der Waals surface area contributed by atoms with Crippen LogP contribution in [-0.4, -0.2) is 29.3 Å². The van der Waals surface area contributed by atoms with Crippen molar-refractivity contribution >= 4 is 23.2 Å². The van der Waals surface area contributed by atoms with E-state index in [1.807, 2.05) is 18.2 Å². The normalized spacial score (nSPS) is 15.3. The van der Waals surface area contributed by atoms with Gasteiger partial charge in [-0.15, -0.1) is 0 Å². The topological polar surface area (TPSA) is 61.4 Å². The van der Waals surface area contributed by atoms with Gasteiger partial charge in [0, 0.05) is 25.2 Å². The summed E-state index contributed by atoms with van der Waals surface area (Å²) in [6, 6.07) is 11.4. The lowest BCUT2D eigenvalue weighted by Crippen LogP contribution is -2.32. The Labute approximate surface area is 166 Å². The standard InChI is InChI=1S/C21H22F3N3O2/c1-14(20(29)26-18-9-3-2-8-17(18)21(22,23)24)25-16-7-4-6-15(12-16)13-27-11-5-10-19(27)28/h2-4,6-9,12,14,25H,5,10-11,13H2,1H3,(H,26,29)/t14-/m1/s1. The Morgan fingerprint density at radius 1 is 1.17 bits per heavy atom. The number of para-hydroxylation sites is 1. The highest BCUT2D eigenvalue weighted by molar-refractivity contribution is 5.97. The zero-order chi connectivity index (χ0) is 21.0. The fraction of sp³-hybridized carbons (Fsp3) is 0.333. The third-order valence-corrected chi connectivity index (χ3v) is 4.74. The molecule has 29 heavy (non-hydrogen) atoms. The van der Waals surface area contributed by atoms with E-state index in [1.54, 1.807) is 17.9 Å². The van der Waals surface area contributed by atoms with Crippen molar-refractivity contribution in [1.29, 1.82) is 0 Å². The lowest BCUT2D eigenvalue weighted by Gasteiger charge is -2.19. The van der Waals surface area contributed by atoms with Gasteiger partial charge in [0.25, 0.3) is 0 Å². The van der Waals surface area contributed by atoms with Crippen LogP contribution in [0.3, 0.4) is 0 Å². The van der Waals surface area contributed by atoms with Gasteiger partial charge in [-0.25, -0.2) is 0 Å². The van der Waals surface area contributed by atoms with E-state index in [0.29, 0.717) is 18.7 Å². The minimum absolute atomic E-state index is 0.124. The first-order valence-corrected chi connectivity index (χ1v) is 9.34. The van der Waals surface area contributed by atoms with Gasteiger partial charge in [-0.1, -0.05) is 24.3 Å². The number of nitrogens with one attached hydrogen (secondary N) is 2. The molecule has 0 spiro atoms. The number of anilines is 2. The Morgan fingerprint density at radius 2 is 1.93 bits per heavy atom. The minimum Gasteiger partial charge on any atom is -0.374 e. The Morgan fingerprint density at radius 3 is 2.62 bits per heavy atom. The van der Waals surface area contributed by atoms with Gasteiger partial charge in [-0.3, -0.25) is 9.59 Å². The third kappa shape index (κ3) is 5.28. The molecule has 2 aromatic rings. The summed E-state index contributed by atoms with van der Waals surface area (Å²) in [6.45, 7) is 2.80. The highest BCUT2D eigenvalue weighted by Crippen LogP contribution is 2.34. The molecule has 0 saturated carbocycles. The molecule has 2 N–H and O–H groups in total. The highest BCUT2D eigenvalue weighted by Gasteiger charge is 2.33. The molecular weight excluding hydrogens is 383 g/mol. The van der Waals surface area contributed by atoms with Crippen LogP contribution < -0.4 is 10.6 Å². The second-order valence-electron chi connectivity index (χ2n) is 7.02. The molecule has 0 unspecified atom stereocenters. The largest absolute Gasteiger partial charge is 0.418 e. The van der Waals surface area contributed by atoms with E-state index in [0.717, 1.165) is 24.6 Å². The summed E-state index contributed by atoms with van der Waals surface area (Å²) < 4.78 is 39.3. The summed E-state index contributed by atoms with van der Waals surface area (Å²) >= 11 is 0. The molecular formula is C21H22F3N3O2. The first-order chi connectivity index (χ1) is 13.7. The van der Waals surface area contributed by atoms with Crippen LogP contribution in [0.1, 0.15) is 30.9 Å². The molecule has 1 saturated heterocycles. The molecule has 5 nitrogen and oxygen atoms in total. The number of hydrogen-bond donors (Lipinski definition) is 2. The van der Waals surface area contributed by atoms with Crippen LogP contribution in [-0.2, 0) is 22.3 Å². The Bertz CT molecular complexity index is 899. The maximum Gasteiger partial charge on any atom is 0.418 e. The van der Waals surface area contributed by atoms with Crippen LogP contribution >= 0.6 is 0 Å². The van der Waals surface area contributed by atoms with E-state index in [9.17, 15) is 22.8 Å². The SMILES string of the molecule is C[C@@H](Nc1cccc(CN2CCCC2=O)c1)C(=O)Nc1ccccc1C(F)(F)F. The fourth-order valence-corrected chi connectivity index (χ4v) is 3.25. The van der Waals surface area contributed by atoms with Gasteiger partial charge in [-0.05, 0) is 43.2 Å². The third-order valence-electron chi connectivity index (χ3n) is 4.74. The molecule has 1 aliphatic heterocycles. The molecule has 2 amide bonds. The van der Waals surface area contributed by atoms with Crippen molar-refractivity contribution in [2.75, 3.05) is 17.2 Å². The van der Waals surface area contributed by atoms with Crippen molar-refractivity contribution in [2.24, 2.45) is 0 Å². The van der Waals surface area contributed by atoms with E-state index < -0.39 is 23.7 Å². The van der Waals surface area contributed by atoms with Crippen LogP contribution in [0.5, 0.6) is 0 Å². The molecule has 0 aromatic heterocycles. The summed E-state index contributed by atoms with van der Waals surface area (Å²) in [5.41, 5.74) is 0.402. The van der Waals surface area contributed by atoms with E-state index in [4.69, 9.17) is 0 Å². The first-order valence-electron chi connectivity index (χ1n) is 9.34. The lowest BCUT2D eigenvalue weighted by molar-refractivity contribution is -0.137. The predicted molar refractivity (Wildman–Crippen MR) is 104 cm³/mol. The van der Waals surface area contributed by atoms with Gasteiger partial charge < -0.3 is 15.5 Å². The van der Waals surface area contributed by atoms with Gasteiger partial charge in [0.1, 0.15) is 6.04 Å². The molecule has 3 rings (SSSR count). The molecule has 1 heterocycles. The number of alkyl halides is 3. The maximum absolute atomic E-state index is 13.1. The van der Waals surface area contributed by atoms with Gasteiger partial charge in [0.05, 0.1) is 11.3 Å². The van der Waals surface area contributed by atoms with Crippen LogP contribution in [0.2, 0.25) is 0 Å². The average Bonchev–Trinajstić information content (AvgIpc) is 3.06. The predicted octanol–water partition coefficient (Wildman–Crippen LogP) is 4.27. The van der Waals surface area contributed by atoms with E-state index in [-0.39, 0.29) is 11.6 Å². The lowest BCUT2D eigenvalue weighted by atomic mass is 10.1. The Balaban J connectivity index is 1.65. The molecule has 1 atom stereocenters. The van der Waals surface area contributed by atoms with Crippen LogP contribution in [0.25, 0.3) is 0 Å². The van der Waals surface area contributed by atoms with Crippen molar-refractivity contribution in [3.63, 3.8) is 0 Å². The van der Waals surface area contributed by atoms with Crippen molar-refractivity contribution in [2.45, 2.75) is 38.5 Å². The number of likely N-dealkylation sites (tertiary alicyclic amines) is 1. The number of amides is 2. The van der Waals surface area contributed by atoms with Crippen molar-refractivity contribution in [3.8, 4) is 0 Å². The molecule has 0 aliphatic carbocycles. The van der Waals surface area contributed by atoms with E-state index in [2.05, 4.69) is 10.6 Å². The number of benzene rings is 2. The summed E-state index contributed by atoms with van der Waals surface area (Å²) in [5.74, 6) is -0.457. The van der Waals surface area contributed by atoms with Crippen LogP contribution in [0, 0.1) is 0 Å². The van der Waals surface area contributed by atoms with Gasteiger partial charge in [-0.2, -0.15) is 13.2 Å². The van der Waals surface area contributed by atoms with Crippen LogP contribution in [0.15, 0.2) is 48.5 Å². The molecule has 1 fully saturated rings. The molecule has 154 valence electrons. The van der Waals surface area contributed by atoms with E-state index >= 15 is 0 Å². The van der Waals surface area contributed by atoms with Crippen molar-refractivity contribution < 1.29 is 22.8 Å². The zero-order valence-corrected chi connectivity index (χ0v) is 15.9. The average molecular weight is 405 g/mol. The highest BCUT2D eigenvalue weighted by atomic mass is 19.4. The second-order valence-corrected chi connectivity index (χ2v) is 7.02. The van der Waals surface area contributed by atoms with Crippen molar-refractivity contribution in [1.82, 2.24) is 4.90 Å². The monoisotopic (exact) mass is 405 g/mol. The number of halogens is 3. The minimum atomic E-state index is -4.55. The fourth-order valence-electron chi connectivity index (χ4n) is 3.25. The molecule has 1 aliphatic rings. The number of hydrogen-bond acceptors (Lipinski definition) is 3. The summed E-state index contributed by atoms with van der Waals surface area (Å²) in [4.78, 5) is 26.0.